The predicted molar refractivity (Wildman–Crippen MR) is 85.9 cm³/mol. The van der Waals surface area contributed by atoms with Crippen LogP contribution in [0.1, 0.15) is 65.2 Å². The Labute approximate surface area is 128 Å². The van der Waals surface area contributed by atoms with Crippen molar-refractivity contribution in [2.45, 2.75) is 65.2 Å². The summed E-state index contributed by atoms with van der Waals surface area (Å²) in [5, 5.41) is 0. The highest BCUT2D eigenvalue weighted by Crippen LogP contribution is 2.63. The maximum absolute atomic E-state index is 12.0. The highest BCUT2D eigenvalue weighted by atomic mass is 16.1. The number of hydrogen-bond acceptors (Lipinski definition) is 1. The minimum absolute atomic E-state index is 0.318. The highest BCUT2D eigenvalue weighted by molar-refractivity contribution is 5.90. The van der Waals surface area contributed by atoms with Crippen molar-refractivity contribution in [3.63, 3.8) is 0 Å². The van der Waals surface area contributed by atoms with E-state index in [1.165, 1.54) is 44.1 Å². The molecule has 0 aromatic heterocycles. The van der Waals surface area contributed by atoms with Crippen LogP contribution in [0.25, 0.3) is 0 Å². The van der Waals surface area contributed by atoms with Crippen LogP contribution >= 0.6 is 0 Å². The Balaban J connectivity index is 1.70. The summed E-state index contributed by atoms with van der Waals surface area (Å²) in [6.07, 6.45) is 16.6. The van der Waals surface area contributed by atoms with Gasteiger partial charge in [0, 0.05) is 6.42 Å². The Kier molecular flexibility index (Phi) is 3.00. The second kappa shape index (κ2) is 4.57. The van der Waals surface area contributed by atoms with Crippen molar-refractivity contribution in [2.24, 2.45) is 28.6 Å². The van der Waals surface area contributed by atoms with Gasteiger partial charge in [0.05, 0.1) is 0 Å². The molecule has 0 radical (unpaired) electrons. The number of fused-ring (bicyclic) bond motifs is 5. The summed E-state index contributed by atoms with van der Waals surface area (Å²) in [6, 6.07) is 0. The molecule has 0 spiro atoms. The average molecular weight is 284 g/mol. The van der Waals surface area contributed by atoms with Crippen LogP contribution in [0.4, 0.5) is 0 Å². The van der Waals surface area contributed by atoms with Gasteiger partial charge < -0.3 is 0 Å². The predicted octanol–water partition coefficient (Wildman–Crippen LogP) is 5.07. The molecule has 4 rings (SSSR count). The fourth-order valence-corrected chi connectivity index (χ4v) is 6.29. The zero-order valence-corrected chi connectivity index (χ0v) is 13.5. The smallest absolute Gasteiger partial charge is 0.155 e. The monoisotopic (exact) mass is 284 g/mol. The van der Waals surface area contributed by atoms with E-state index < -0.39 is 0 Å². The van der Waals surface area contributed by atoms with Crippen molar-refractivity contribution in [1.29, 1.82) is 0 Å². The Morgan fingerprint density at radius 3 is 2.81 bits per heavy atom. The number of carbonyl (C=O) groups excluding carboxylic acids is 1. The second-order valence-corrected chi connectivity index (χ2v) is 8.50. The summed E-state index contributed by atoms with van der Waals surface area (Å²) in [5.74, 6) is 2.96. The van der Waals surface area contributed by atoms with E-state index in [4.69, 9.17) is 0 Å². The minimum atomic E-state index is 0.318. The van der Waals surface area contributed by atoms with Crippen molar-refractivity contribution in [3.05, 3.63) is 23.8 Å². The fourth-order valence-electron chi connectivity index (χ4n) is 6.29. The molecule has 5 unspecified atom stereocenters. The summed E-state index contributed by atoms with van der Waals surface area (Å²) >= 11 is 0. The molecule has 2 fully saturated rings. The average Bonchev–Trinajstić information content (AvgIpc) is 2.76. The first kappa shape index (κ1) is 13.8. The quantitative estimate of drug-likeness (QED) is 0.567. The van der Waals surface area contributed by atoms with Gasteiger partial charge in [-0.1, -0.05) is 31.6 Å². The molecular weight excluding hydrogens is 256 g/mol. The molecule has 4 aliphatic carbocycles. The van der Waals surface area contributed by atoms with E-state index in [1.807, 2.05) is 6.08 Å². The fraction of sp³-hybridized carbons (Fsp3) is 0.750. The number of ketones is 1. The largest absolute Gasteiger partial charge is 0.295 e. The molecule has 0 aromatic rings. The van der Waals surface area contributed by atoms with Crippen molar-refractivity contribution in [3.8, 4) is 0 Å². The van der Waals surface area contributed by atoms with Crippen LogP contribution in [0, 0.1) is 28.6 Å². The lowest BCUT2D eigenvalue weighted by atomic mass is 9.48. The van der Waals surface area contributed by atoms with E-state index in [1.54, 1.807) is 0 Å². The molecule has 2 saturated carbocycles. The maximum Gasteiger partial charge on any atom is 0.155 e. The van der Waals surface area contributed by atoms with Gasteiger partial charge >= 0.3 is 0 Å². The Bertz CT molecular complexity index is 528. The van der Waals surface area contributed by atoms with Crippen molar-refractivity contribution in [1.82, 2.24) is 0 Å². The van der Waals surface area contributed by atoms with Crippen LogP contribution in [0.5, 0.6) is 0 Å². The number of hydrogen-bond donors (Lipinski definition) is 0. The van der Waals surface area contributed by atoms with Gasteiger partial charge in [-0.3, -0.25) is 4.79 Å². The summed E-state index contributed by atoms with van der Waals surface area (Å²) in [5.41, 5.74) is 2.29. The van der Waals surface area contributed by atoms with Crippen molar-refractivity contribution >= 4 is 5.78 Å². The van der Waals surface area contributed by atoms with Crippen LogP contribution in [0.3, 0.4) is 0 Å². The van der Waals surface area contributed by atoms with E-state index in [9.17, 15) is 4.79 Å². The van der Waals surface area contributed by atoms with Gasteiger partial charge in [0.15, 0.2) is 5.78 Å². The van der Waals surface area contributed by atoms with Gasteiger partial charge in [0.1, 0.15) is 0 Å². The van der Waals surface area contributed by atoms with Gasteiger partial charge in [-0.25, -0.2) is 0 Å². The van der Waals surface area contributed by atoms with Gasteiger partial charge in [-0.2, -0.15) is 0 Å². The summed E-state index contributed by atoms with van der Waals surface area (Å²) in [4.78, 5) is 12.0. The molecule has 4 aliphatic rings. The van der Waals surface area contributed by atoms with Crippen LogP contribution in [0.15, 0.2) is 23.8 Å². The first-order valence-corrected chi connectivity index (χ1v) is 8.94. The van der Waals surface area contributed by atoms with Crippen LogP contribution in [0.2, 0.25) is 0 Å². The number of rotatable bonds is 0. The van der Waals surface area contributed by atoms with Crippen LogP contribution < -0.4 is 0 Å². The zero-order chi connectivity index (χ0) is 14.7. The lowest BCUT2D eigenvalue weighted by Gasteiger charge is -2.56. The molecule has 0 N–H and O–H groups in total. The zero-order valence-electron chi connectivity index (χ0n) is 13.5. The van der Waals surface area contributed by atoms with Crippen LogP contribution in [-0.4, -0.2) is 5.78 Å². The molecule has 5 atom stereocenters. The molecule has 0 aromatic carbocycles. The van der Waals surface area contributed by atoms with Gasteiger partial charge in [0.2, 0.25) is 0 Å². The molecular formula is C20H28O. The van der Waals surface area contributed by atoms with Crippen molar-refractivity contribution < 1.29 is 4.79 Å². The number of carbonyl (C=O) groups is 1. The van der Waals surface area contributed by atoms with Gasteiger partial charge in [-0.15, -0.1) is 0 Å². The van der Waals surface area contributed by atoms with E-state index in [0.29, 0.717) is 16.6 Å². The third kappa shape index (κ3) is 1.92. The molecule has 0 amide bonds. The molecule has 0 aliphatic heterocycles. The van der Waals surface area contributed by atoms with E-state index >= 15 is 0 Å². The van der Waals surface area contributed by atoms with Gasteiger partial charge in [-0.05, 0) is 79.6 Å². The molecule has 21 heavy (non-hydrogen) atoms. The highest BCUT2D eigenvalue weighted by Gasteiger charge is 2.54. The molecule has 1 nitrogen and oxygen atoms in total. The molecule has 0 saturated heterocycles. The second-order valence-electron chi connectivity index (χ2n) is 8.50. The summed E-state index contributed by atoms with van der Waals surface area (Å²) in [6.45, 7) is 4.97. The van der Waals surface area contributed by atoms with Crippen molar-refractivity contribution in [2.75, 3.05) is 0 Å². The first-order valence-electron chi connectivity index (χ1n) is 8.94. The Morgan fingerprint density at radius 2 is 1.95 bits per heavy atom. The maximum atomic E-state index is 12.0. The summed E-state index contributed by atoms with van der Waals surface area (Å²) in [7, 11) is 0. The van der Waals surface area contributed by atoms with E-state index in [2.05, 4.69) is 26.0 Å². The molecule has 1 heteroatoms. The van der Waals surface area contributed by atoms with E-state index in [0.717, 1.165) is 30.6 Å². The Morgan fingerprint density at radius 1 is 1.10 bits per heavy atom. The topological polar surface area (TPSA) is 17.1 Å². The standard InChI is InChI=1S/C20H28O/c1-19-10-4-6-17(19)16-8-7-14-13-15(21)5-3-11-20(14,2)18(16)9-12-19/h4,10,13,16-18H,3,5-9,11-12H2,1-2H3. The third-order valence-electron chi connectivity index (χ3n) is 7.52. The summed E-state index contributed by atoms with van der Waals surface area (Å²) < 4.78 is 0. The molecule has 0 heterocycles. The van der Waals surface area contributed by atoms with Gasteiger partial charge in [0.25, 0.3) is 0 Å². The van der Waals surface area contributed by atoms with E-state index in [-0.39, 0.29) is 0 Å². The minimum Gasteiger partial charge on any atom is -0.295 e. The first-order chi connectivity index (χ1) is 10.0. The third-order valence-corrected chi connectivity index (χ3v) is 7.52. The molecule has 0 bridgehead atoms. The SMILES string of the molecule is CC12C=CCC1C1CCC3=CC(=O)CCCC3(C)C1CC2. The lowest BCUT2D eigenvalue weighted by Crippen LogP contribution is -2.48. The molecule has 114 valence electrons. The van der Waals surface area contributed by atoms with Crippen LogP contribution in [-0.2, 0) is 4.79 Å². The normalized spacial score (nSPS) is 49.0. The number of allylic oxidation sites excluding steroid dienone is 4. The Hall–Kier alpha value is -0.850. The lowest BCUT2D eigenvalue weighted by molar-refractivity contribution is -0.114.